The van der Waals surface area contributed by atoms with E-state index in [9.17, 15) is 8.78 Å². The summed E-state index contributed by atoms with van der Waals surface area (Å²) in [4.78, 5) is 8.08. The van der Waals surface area contributed by atoms with Crippen molar-refractivity contribution in [2.24, 2.45) is 0 Å². The standard InChI is InChI=1S/C14H10F2N4O/c15-10-1-8(2-11(16)5-10)3-13-19-14(21-20-13)9-4-12(17)7-18-6-9/h1-2,4-7H,3,17H2. The minimum absolute atomic E-state index is 0.161. The molecule has 5 nitrogen and oxygen atoms in total. The first-order valence-electron chi connectivity index (χ1n) is 6.08. The molecule has 0 radical (unpaired) electrons. The maximum Gasteiger partial charge on any atom is 0.259 e. The van der Waals surface area contributed by atoms with Crippen molar-refractivity contribution in [3.8, 4) is 11.5 Å². The molecule has 0 aliphatic carbocycles. The highest BCUT2D eigenvalue weighted by molar-refractivity contribution is 5.57. The molecule has 2 heterocycles. The van der Waals surface area contributed by atoms with Crippen LogP contribution in [0.3, 0.4) is 0 Å². The molecular formula is C14H10F2N4O. The van der Waals surface area contributed by atoms with E-state index in [1.54, 1.807) is 6.07 Å². The molecule has 0 aliphatic rings. The fourth-order valence-corrected chi connectivity index (χ4v) is 1.91. The number of hydrogen-bond donors (Lipinski definition) is 1. The normalized spacial score (nSPS) is 10.8. The molecule has 3 aromatic rings. The fourth-order valence-electron chi connectivity index (χ4n) is 1.91. The predicted molar refractivity (Wildman–Crippen MR) is 71.1 cm³/mol. The van der Waals surface area contributed by atoms with Gasteiger partial charge in [0.05, 0.1) is 11.3 Å². The van der Waals surface area contributed by atoms with Crippen molar-refractivity contribution in [2.45, 2.75) is 6.42 Å². The molecule has 0 bridgehead atoms. The molecule has 2 N–H and O–H groups in total. The van der Waals surface area contributed by atoms with Gasteiger partial charge in [0, 0.05) is 24.9 Å². The monoisotopic (exact) mass is 288 g/mol. The lowest BCUT2D eigenvalue weighted by Crippen LogP contribution is -1.93. The van der Waals surface area contributed by atoms with Crippen molar-refractivity contribution < 1.29 is 13.3 Å². The first-order chi connectivity index (χ1) is 10.1. The zero-order valence-electron chi connectivity index (χ0n) is 10.8. The van der Waals surface area contributed by atoms with Crippen molar-refractivity contribution in [1.29, 1.82) is 0 Å². The van der Waals surface area contributed by atoms with Crippen molar-refractivity contribution in [3.05, 3.63) is 59.7 Å². The highest BCUT2D eigenvalue weighted by Crippen LogP contribution is 2.19. The van der Waals surface area contributed by atoms with Crippen LogP contribution in [0.1, 0.15) is 11.4 Å². The SMILES string of the molecule is Nc1cncc(-c2nc(Cc3cc(F)cc(F)c3)no2)c1. The van der Waals surface area contributed by atoms with Crippen molar-refractivity contribution in [1.82, 2.24) is 15.1 Å². The Kier molecular flexibility index (Phi) is 3.31. The second-order valence-electron chi connectivity index (χ2n) is 4.48. The van der Waals surface area contributed by atoms with E-state index in [0.29, 0.717) is 22.6 Å². The van der Waals surface area contributed by atoms with E-state index < -0.39 is 11.6 Å². The maximum atomic E-state index is 13.1. The summed E-state index contributed by atoms with van der Waals surface area (Å²) in [6.07, 6.45) is 3.19. The van der Waals surface area contributed by atoms with Crippen molar-refractivity contribution in [2.75, 3.05) is 5.73 Å². The van der Waals surface area contributed by atoms with E-state index in [0.717, 1.165) is 6.07 Å². The molecule has 0 saturated carbocycles. The summed E-state index contributed by atoms with van der Waals surface area (Å²) in [6.45, 7) is 0. The molecule has 0 fully saturated rings. The number of aromatic nitrogens is 3. The van der Waals surface area contributed by atoms with Gasteiger partial charge in [0.25, 0.3) is 5.89 Å². The van der Waals surface area contributed by atoms with E-state index in [-0.39, 0.29) is 12.3 Å². The topological polar surface area (TPSA) is 77.8 Å². The van der Waals surface area contributed by atoms with E-state index in [4.69, 9.17) is 10.3 Å². The molecule has 3 rings (SSSR count). The van der Waals surface area contributed by atoms with Crippen LogP contribution in [0.2, 0.25) is 0 Å². The van der Waals surface area contributed by atoms with Crippen LogP contribution in [-0.2, 0) is 6.42 Å². The lowest BCUT2D eigenvalue weighted by molar-refractivity contribution is 0.423. The van der Waals surface area contributed by atoms with Gasteiger partial charge in [-0.15, -0.1) is 0 Å². The third-order valence-electron chi connectivity index (χ3n) is 2.76. The van der Waals surface area contributed by atoms with Crippen LogP contribution >= 0.6 is 0 Å². The van der Waals surface area contributed by atoms with E-state index in [2.05, 4.69) is 15.1 Å². The minimum Gasteiger partial charge on any atom is -0.397 e. The summed E-state index contributed by atoms with van der Waals surface area (Å²) < 4.78 is 31.3. The maximum absolute atomic E-state index is 13.1. The van der Waals surface area contributed by atoms with Gasteiger partial charge in [0.15, 0.2) is 5.82 Å². The van der Waals surface area contributed by atoms with E-state index in [1.165, 1.54) is 24.5 Å². The average molecular weight is 288 g/mol. The van der Waals surface area contributed by atoms with Crippen LogP contribution in [0.15, 0.2) is 41.2 Å². The molecule has 0 aliphatic heterocycles. The van der Waals surface area contributed by atoms with Crippen molar-refractivity contribution >= 4 is 5.69 Å². The van der Waals surface area contributed by atoms with Gasteiger partial charge in [0.2, 0.25) is 0 Å². The lowest BCUT2D eigenvalue weighted by atomic mass is 10.1. The lowest BCUT2D eigenvalue weighted by Gasteiger charge is -1.98. The first kappa shape index (κ1) is 13.2. The summed E-state index contributed by atoms with van der Waals surface area (Å²) >= 11 is 0. The predicted octanol–water partition coefficient (Wildman–Crippen LogP) is 2.58. The van der Waals surface area contributed by atoms with E-state index >= 15 is 0 Å². The van der Waals surface area contributed by atoms with Gasteiger partial charge in [-0.3, -0.25) is 4.98 Å². The van der Waals surface area contributed by atoms with Gasteiger partial charge in [-0.1, -0.05) is 5.16 Å². The minimum atomic E-state index is -0.645. The number of nitrogens with two attached hydrogens (primary N) is 1. The highest BCUT2D eigenvalue weighted by Gasteiger charge is 2.11. The molecule has 0 unspecified atom stereocenters. The molecule has 0 atom stereocenters. The Bertz CT molecular complexity index is 768. The fraction of sp³-hybridized carbons (Fsp3) is 0.0714. The molecule has 0 spiro atoms. The number of nitrogens with zero attached hydrogens (tertiary/aromatic N) is 3. The van der Waals surface area contributed by atoms with Crippen LogP contribution in [0.4, 0.5) is 14.5 Å². The first-order valence-corrected chi connectivity index (χ1v) is 6.08. The Morgan fingerprint density at radius 3 is 2.52 bits per heavy atom. The summed E-state index contributed by atoms with van der Waals surface area (Å²) in [5.74, 6) is -0.721. The van der Waals surface area contributed by atoms with Crippen LogP contribution in [0.5, 0.6) is 0 Å². The Hall–Kier alpha value is -2.83. The number of nitrogen functional groups attached to an aromatic ring is 1. The van der Waals surface area contributed by atoms with Crippen LogP contribution in [-0.4, -0.2) is 15.1 Å². The van der Waals surface area contributed by atoms with Gasteiger partial charge in [0.1, 0.15) is 11.6 Å². The summed E-state index contributed by atoms with van der Waals surface area (Å²) in [7, 11) is 0. The van der Waals surface area contributed by atoms with Crippen LogP contribution in [0.25, 0.3) is 11.5 Å². The van der Waals surface area contributed by atoms with Gasteiger partial charge < -0.3 is 10.3 Å². The third kappa shape index (κ3) is 3.02. The number of pyridine rings is 1. The molecule has 0 saturated heterocycles. The third-order valence-corrected chi connectivity index (χ3v) is 2.76. The zero-order valence-corrected chi connectivity index (χ0v) is 10.8. The quantitative estimate of drug-likeness (QED) is 0.801. The number of hydrogen-bond acceptors (Lipinski definition) is 5. The number of benzene rings is 1. The van der Waals surface area contributed by atoms with Gasteiger partial charge in [-0.25, -0.2) is 8.78 Å². The second-order valence-corrected chi connectivity index (χ2v) is 4.48. The highest BCUT2D eigenvalue weighted by atomic mass is 19.1. The number of anilines is 1. The van der Waals surface area contributed by atoms with Crippen LogP contribution in [0, 0.1) is 11.6 Å². The second kappa shape index (κ2) is 5.28. The molecule has 0 amide bonds. The largest absolute Gasteiger partial charge is 0.397 e. The van der Waals surface area contributed by atoms with E-state index in [1.807, 2.05) is 0 Å². The zero-order chi connectivity index (χ0) is 14.8. The van der Waals surface area contributed by atoms with Gasteiger partial charge in [-0.05, 0) is 23.8 Å². The number of rotatable bonds is 3. The Morgan fingerprint density at radius 1 is 1.05 bits per heavy atom. The molecule has 1 aromatic carbocycles. The Balaban J connectivity index is 1.85. The molecule has 2 aromatic heterocycles. The average Bonchev–Trinajstić information content (AvgIpc) is 2.86. The van der Waals surface area contributed by atoms with Crippen molar-refractivity contribution in [3.63, 3.8) is 0 Å². The number of halogens is 2. The Morgan fingerprint density at radius 2 is 1.81 bits per heavy atom. The summed E-state index contributed by atoms with van der Waals surface area (Å²) in [6, 6.07) is 4.90. The van der Waals surface area contributed by atoms with Gasteiger partial charge >= 0.3 is 0 Å². The van der Waals surface area contributed by atoms with Crippen LogP contribution < -0.4 is 5.73 Å². The summed E-state index contributed by atoms with van der Waals surface area (Å²) in [5, 5.41) is 3.78. The molecule has 106 valence electrons. The van der Waals surface area contributed by atoms with Gasteiger partial charge in [-0.2, -0.15) is 4.98 Å². The smallest absolute Gasteiger partial charge is 0.259 e. The molecule has 7 heteroatoms. The Labute approximate surface area is 118 Å². The summed E-state index contributed by atoms with van der Waals surface area (Å²) in [5.41, 5.74) is 7.10. The molecule has 21 heavy (non-hydrogen) atoms. The molecular weight excluding hydrogens is 278 g/mol.